The molecule has 0 aromatic heterocycles. The zero-order chi connectivity index (χ0) is 16.2. The van der Waals surface area contributed by atoms with Gasteiger partial charge in [-0.2, -0.15) is 13.2 Å². The Balaban J connectivity index is 2.25. The Kier molecular flexibility index (Phi) is 5.69. The molecule has 1 aromatic carbocycles. The molecule has 2 rings (SSSR count). The number of hydrogen-bond donors (Lipinski definition) is 1. The van der Waals surface area contributed by atoms with Gasteiger partial charge in [0.05, 0.1) is 12.2 Å². The molecule has 0 spiro atoms. The number of hydrogen-bond acceptors (Lipinski definition) is 3. The Morgan fingerprint density at radius 2 is 1.91 bits per heavy atom. The highest BCUT2D eigenvalue weighted by Crippen LogP contribution is 2.38. The van der Waals surface area contributed by atoms with Crippen LogP contribution in [-0.4, -0.2) is 37.7 Å². The molecule has 6 heteroatoms. The van der Waals surface area contributed by atoms with Crippen molar-refractivity contribution in [2.45, 2.75) is 26.6 Å². The Hall–Kier alpha value is -1.27. The second-order valence-electron chi connectivity index (χ2n) is 6.02. The molecule has 0 aliphatic carbocycles. The first-order chi connectivity index (χ1) is 10.4. The number of alkyl halides is 3. The third-order valence-corrected chi connectivity index (χ3v) is 3.57. The summed E-state index contributed by atoms with van der Waals surface area (Å²) in [5.74, 6) is 0.163. The summed E-state index contributed by atoms with van der Waals surface area (Å²) >= 11 is 0. The highest BCUT2D eigenvalue weighted by atomic mass is 19.4. The molecule has 0 amide bonds. The van der Waals surface area contributed by atoms with Gasteiger partial charge in [0.25, 0.3) is 0 Å². The fraction of sp³-hybridized carbons (Fsp3) is 0.625. The molecule has 1 aromatic rings. The van der Waals surface area contributed by atoms with E-state index in [-0.39, 0.29) is 18.3 Å². The number of halogens is 3. The van der Waals surface area contributed by atoms with E-state index in [0.29, 0.717) is 12.1 Å². The van der Waals surface area contributed by atoms with Crippen LogP contribution in [0.3, 0.4) is 0 Å². The van der Waals surface area contributed by atoms with E-state index < -0.39 is 11.7 Å². The van der Waals surface area contributed by atoms with Crippen molar-refractivity contribution < 1.29 is 17.9 Å². The minimum atomic E-state index is -4.40. The summed E-state index contributed by atoms with van der Waals surface area (Å²) in [4.78, 5) is 2.15. The van der Waals surface area contributed by atoms with Crippen LogP contribution < -0.4 is 10.1 Å². The highest BCUT2D eigenvalue weighted by Gasteiger charge is 2.35. The number of benzene rings is 1. The lowest BCUT2D eigenvalue weighted by molar-refractivity contribution is -0.139. The maximum Gasteiger partial charge on any atom is 0.419 e. The summed E-state index contributed by atoms with van der Waals surface area (Å²) in [6, 6.07) is 4.28. The van der Waals surface area contributed by atoms with Crippen LogP contribution in [0, 0.1) is 5.92 Å². The number of ether oxygens (including phenoxy) is 1. The second kappa shape index (κ2) is 7.33. The monoisotopic (exact) mass is 316 g/mol. The van der Waals surface area contributed by atoms with Gasteiger partial charge in [-0.15, -0.1) is 0 Å². The Bertz CT molecular complexity index is 483. The largest absolute Gasteiger partial charge is 0.492 e. The fourth-order valence-electron chi connectivity index (χ4n) is 2.46. The Morgan fingerprint density at radius 1 is 1.23 bits per heavy atom. The topological polar surface area (TPSA) is 24.5 Å². The SMILES string of the molecule is CC(C)COc1c(CN2CCNCC2)cccc1C(F)(F)F. The maximum atomic E-state index is 13.2. The molecule has 0 unspecified atom stereocenters. The minimum Gasteiger partial charge on any atom is -0.492 e. The zero-order valence-corrected chi connectivity index (χ0v) is 13.0. The average Bonchev–Trinajstić information content (AvgIpc) is 2.45. The summed E-state index contributed by atoms with van der Waals surface area (Å²) in [6.45, 7) is 8.00. The molecule has 1 aliphatic heterocycles. The van der Waals surface area contributed by atoms with Gasteiger partial charge in [0, 0.05) is 38.3 Å². The van der Waals surface area contributed by atoms with E-state index in [4.69, 9.17) is 4.74 Å². The predicted molar refractivity (Wildman–Crippen MR) is 79.9 cm³/mol. The third kappa shape index (κ3) is 4.61. The minimum absolute atomic E-state index is 0.0118. The van der Waals surface area contributed by atoms with Gasteiger partial charge in [0.2, 0.25) is 0 Å². The third-order valence-electron chi connectivity index (χ3n) is 3.57. The van der Waals surface area contributed by atoms with Crippen LogP contribution >= 0.6 is 0 Å². The molecule has 1 aliphatic rings. The maximum absolute atomic E-state index is 13.2. The summed E-state index contributed by atoms with van der Waals surface area (Å²) < 4.78 is 45.2. The van der Waals surface area contributed by atoms with Crippen LogP contribution in [0.4, 0.5) is 13.2 Å². The van der Waals surface area contributed by atoms with Crippen LogP contribution in [0.5, 0.6) is 5.75 Å². The fourth-order valence-corrected chi connectivity index (χ4v) is 2.46. The molecule has 3 nitrogen and oxygen atoms in total. The molecule has 0 atom stereocenters. The van der Waals surface area contributed by atoms with E-state index in [9.17, 15) is 13.2 Å². The number of piperazine rings is 1. The highest BCUT2D eigenvalue weighted by molar-refractivity contribution is 5.43. The zero-order valence-electron chi connectivity index (χ0n) is 13.0. The Labute approximate surface area is 129 Å². The molecular formula is C16H23F3N2O. The number of para-hydroxylation sites is 1. The lowest BCUT2D eigenvalue weighted by atomic mass is 10.1. The first-order valence-corrected chi connectivity index (χ1v) is 7.63. The van der Waals surface area contributed by atoms with Crippen molar-refractivity contribution in [1.82, 2.24) is 10.2 Å². The van der Waals surface area contributed by atoms with Crippen LogP contribution in [0.15, 0.2) is 18.2 Å². The van der Waals surface area contributed by atoms with Crippen molar-refractivity contribution in [3.05, 3.63) is 29.3 Å². The van der Waals surface area contributed by atoms with Crippen molar-refractivity contribution in [3.8, 4) is 5.75 Å². The van der Waals surface area contributed by atoms with Gasteiger partial charge >= 0.3 is 6.18 Å². The molecular weight excluding hydrogens is 293 g/mol. The smallest absolute Gasteiger partial charge is 0.419 e. The van der Waals surface area contributed by atoms with Gasteiger partial charge in [0.1, 0.15) is 5.75 Å². The number of nitrogens with one attached hydrogen (secondary N) is 1. The van der Waals surface area contributed by atoms with Crippen LogP contribution in [0.25, 0.3) is 0 Å². The number of rotatable bonds is 5. The van der Waals surface area contributed by atoms with Crippen molar-refractivity contribution in [1.29, 1.82) is 0 Å². The molecule has 1 fully saturated rings. The normalized spacial score (nSPS) is 17.0. The van der Waals surface area contributed by atoms with Gasteiger partial charge in [-0.25, -0.2) is 0 Å². The molecule has 0 bridgehead atoms. The summed E-state index contributed by atoms with van der Waals surface area (Å²) in [7, 11) is 0. The van der Waals surface area contributed by atoms with Crippen molar-refractivity contribution in [2.75, 3.05) is 32.8 Å². The lowest BCUT2D eigenvalue weighted by Crippen LogP contribution is -2.43. The molecule has 22 heavy (non-hydrogen) atoms. The summed E-state index contributed by atoms with van der Waals surface area (Å²) in [5, 5.41) is 3.24. The van der Waals surface area contributed by atoms with E-state index in [2.05, 4.69) is 10.2 Å². The van der Waals surface area contributed by atoms with E-state index in [1.54, 1.807) is 6.07 Å². The standard InChI is InChI=1S/C16H23F3N2O/c1-12(2)11-22-15-13(10-21-8-6-20-7-9-21)4-3-5-14(15)16(17,18)19/h3-5,12,20H,6-11H2,1-2H3. The van der Waals surface area contributed by atoms with Gasteiger partial charge in [-0.1, -0.05) is 26.0 Å². The van der Waals surface area contributed by atoms with Gasteiger partial charge in [-0.05, 0) is 12.0 Å². The van der Waals surface area contributed by atoms with Gasteiger partial charge in [-0.3, -0.25) is 4.90 Å². The van der Waals surface area contributed by atoms with Crippen LogP contribution in [0.2, 0.25) is 0 Å². The van der Waals surface area contributed by atoms with Gasteiger partial charge < -0.3 is 10.1 Å². The second-order valence-corrected chi connectivity index (χ2v) is 6.02. The van der Waals surface area contributed by atoms with E-state index >= 15 is 0 Å². The average molecular weight is 316 g/mol. The molecule has 124 valence electrons. The molecule has 1 heterocycles. The van der Waals surface area contributed by atoms with E-state index in [0.717, 1.165) is 32.2 Å². The molecule has 1 saturated heterocycles. The van der Waals surface area contributed by atoms with E-state index in [1.807, 2.05) is 13.8 Å². The summed E-state index contributed by atoms with van der Waals surface area (Å²) in [5.41, 5.74) is -0.0711. The summed E-state index contributed by atoms with van der Waals surface area (Å²) in [6.07, 6.45) is -4.40. The Morgan fingerprint density at radius 3 is 2.50 bits per heavy atom. The van der Waals surface area contributed by atoms with Crippen molar-refractivity contribution in [2.24, 2.45) is 5.92 Å². The van der Waals surface area contributed by atoms with Crippen molar-refractivity contribution in [3.63, 3.8) is 0 Å². The molecule has 1 N–H and O–H groups in total. The van der Waals surface area contributed by atoms with Crippen molar-refractivity contribution >= 4 is 0 Å². The lowest BCUT2D eigenvalue weighted by Gasteiger charge is -2.28. The number of nitrogens with zero attached hydrogens (tertiary/aromatic N) is 1. The van der Waals surface area contributed by atoms with Crippen LogP contribution in [-0.2, 0) is 12.7 Å². The quantitative estimate of drug-likeness (QED) is 0.903. The molecule has 0 saturated carbocycles. The first kappa shape index (κ1) is 17.1. The first-order valence-electron chi connectivity index (χ1n) is 7.63. The molecule has 0 radical (unpaired) electrons. The predicted octanol–water partition coefficient (Wildman–Crippen LogP) is 3.15. The van der Waals surface area contributed by atoms with Gasteiger partial charge in [0.15, 0.2) is 0 Å². The van der Waals surface area contributed by atoms with E-state index in [1.165, 1.54) is 6.07 Å². The van der Waals surface area contributed by atoms with Crippen LogP contribution in [0.1, 0.15) is 25.0 Å².